The molecule has 0 aromatic heterocycles. The number of nitrogens with one attached hydrogen (secondary N) is 2. The lowest BCUT2D eigenvalue weighted by atomic mass is 9.88. The molecule has 2 N–H and O–H groups in total. The number of guanidine groups is 1. The van der Waals surface area contributed by atoms with Crippen molar-refractivity contribution in [2.24, 2.45) is 4.99 Å². The SMILES string of the molecule is CCNC(=NCC1(N2CCCC2)CCOCC1)NCC1(c2cccc(Cl)c2)CC1.I. The van der Waals surface area contributed by atoms with Crippen LogP contribution in [0.1, 0.15) is 51.0 Å². The van der Waals surface area contributed by atoms with Gasteiger partial charge in [0.2, 0.25) is 0 Å². The molecule has 1 aromatic rings. The van der Waals surface area contributed by atoms with Gasteiger partial charge in [-0.25, -0.2) is 0 Å². The van der Waals surface area contributed by atoms with Crippen LogP contribution in [-0.4, -0.2) is 62.3 Å². The highest BCUT2D eigenvalue weighted by atomic mass is 127. The molecule has 2 aliphatic heterocycles. The van der Waals surface area contributed by atoms with Crippen LogP contribution in [0.2, 0.25) is 5.02 Å². The third-order valence-corrected chi connectivity index (χ3v) is 7.20. The van der Waals surface area contributed by atoms with Gasteiger partial charge >= 0.3 is 0 Å². The van der Waals surface area contributed by atoms with Crippen molar-refractivity contribution in [3.8, 4) is 0 Å². The van der Waals surface area contributed by atoms with Crippen molar-refractivity contribution < 1.29 is 4.74 Å². The number of rotatable bonds is 7. The first kappa shape index (κ1) is 24.1. The number of hydrogen-bond acceptors (Lipinski definition) is 3. The molecule has 0 bridgehead atoms. The van der Waals surface area contributed by atoms with Gasteiger partial charge in [-0.3, -0.25) is 9.89 Å². The second-order valence-electron chi connectivity index (χ2n) is 8.87. The summed E-state index contributed by atoms with van der Waals surface area (Å²) < 4.78 is 5.68. The minimum Gasteiger partial charge on any atom is -0.381 e. The van der Waals surface area contributed by atoms with E-state index in [4.69, 9.17) is 21.3 Å². The van der Waals surface area contributed by atoms with Crippen LogP contribution in [0.25, 0.3) is 0 Å². The van der Waals surface area contributed by atoms with Gasteiger partial charge < -0.3 is 15.4 Å². The Hall–Kier alpha value is -0.570. The fourth-order valence-electron chi connectivity index (χ4n) is 4.87. The summed E-state index contributed by atoms with van der Waals surface area (Å²) in [6.45, 7) is 8.87. The Bertz CT molecular complexity index is 713. The summed E-state index contributed by atoms with van der Waals surface area (Å²) in [5, 5.41) is 7.91. The van der Waals surface area contributed by atoms with Crippen LogP contribution >= 0.6 is 35.6 Å². The van der Waals surface area contributed by atoms with Crippen molar-refractivity contribution in [1.82, 2.24) is 15.5 Å². The summed E-state index contributed by atoms with van der Waals surface area (Å²) >= 11 is 6.23. The van der Waals surface area contributed by atoms with Crippen LogP contribution in [0.5, 0.6) is 0 Å². The van der Waals surface area contributed by atoms with E-state index in [9.17, 15) is 0 Å². The molecule has 1 aliphatic carbocycles. The highest BCUT2D eigenvalue weighted by Gasteiger charge is 2.44. The largest absolute Gasteiger partial charge is 0.381 e. The maximum atomic E-state index is 6.23. The van der Waals surface area contributed by atoms with Gasteiger partial charge in [0.1, 0.15) is 0 Å². The molecule has 0 amide bonds. The van der Waals surface area contributed by atoms with Crippen LogP contribution < -0.4 is 10.6 Å². The van der Waals surface area contributed by atoms with Crippen LogP contribution in [0.4, 0.5) is 0 Å². The predicted molar refractivity (Wildman–Crippen MR) is 135 cm³/mol. The summed E-state index contributed by atoms with van der Waals surface area (Å²) in [4.78, 5) is 7.74. The highest BCUT2D eigenvalue weighted by Crippen LogP contribution is 2.48. The number of ether oxygens (including phenoxy) is 1. The van der Waals surface area contributed by atoms with Crippen molar-refractivity contribution in [1.29, 1.82) is 0 Å². The van der Waals surface area contributed by atoms with E-state index in [-0.39, 0.29) is 34.9 Å². The molecule has 7 heteroatoms. The first-order valence-corrected chi connectivity index (χ1v) is 11.6. The summed E-state index contributed by atoms with van der Waals surface area (Å²) in [5.41, 5.74) is 1.71. The maximum absolute atomic E-state index is 6.23. The second-order valence-corrected chi connectivity index (χ2v) is 9.31. The number of halogens is 2. The van der Waals surface area contributed by atoms with Crippen molar-refractivity contribution in [2.45, 2.75) is 56.4 Å². The van der Waals surface area contributed by atoms with Gasteiger partial charge in [-0.05, 0) is 76.2 Å². The van der Waals surface area contributed by atoms with E-state index in [0.29, 0.717) is 0 Å². The zero-order valence-corrected chi connectivity index (χ0v) is 21.2. The van der Waals surface area contributed by atoms with Gasteiger partial charge in [0.25, 0.3) is 0 Å². The smallest absolute Gasteiger partial charge is 0.191 e. The number of aliphatic imine (C=N–C) groups is 1. The highest BCUT2D eigenvalue weighted by molar-refractivity contribution is 14.0. The standard InChI is InChI=1S/C23H35ClN4O.HI/c1-2-25-21(26-17-22(8-9-22)19-6-5-7-20(24)16-19)27-18-23(10-14-29-15-11-23)28-12-3-4-13-28;/h5-7,16H,2-4,8-15,17-18H2,1H3,(H2,25,26,27);1H. The Morgan fingerprint density at radius 1 is 1.13 bits per heavy atom. The van der Waals surface area contributed by atoms with Gasteiger partial charge in [0, 0.05) is 42.3 Å². The zero-order valence-electron chi connectivity index (χ0n) is 18.1. The van der Waals surface area contributed by atoms with Crippen molar-refractivity contribution in [3.05, 3.63) is 34.9 Å². The van der Waals surface area contributed by atoms with E-state index in [0.717, 1.165) is 56.7 Å². The van der Waals surface area contributed by atoms with Crippen LogP contribution in [0, 0.1) is 0 Å². The lowest BCUT2D eigenvalue weighted by molar-refractivity contribution is -0.0139. The molecule has 1 saturated carbocycles. The summed E-state index contributed by atoms with van der Waals surface area (Å²) in [6.07, 6.45) is 7.20. The zero-order chi connectivity index (χ0) is 20.2. The van der Waals surface area contributed by atoms with Crippen LogP contribution in [-0.2, 0) is 10.2 Å². The van der Waals surface area contributed by atoms with E-state index in [1.807, 2.05) is 6.07 Å². The number of nitrogens with zero attached hydrogens (tertiary/aromatic N) is 2. The summed E-state index contributed by atoms with van der Waals surface area (Å²) in [6, 6.07) is 8.33. The van der Waals surface area contributed by atoms with Crippen molar-refractivity contribution >= 4 is 41.5 Å². The first-order chi connectivity index (χ1) is 14.2. The quantitative estimate of drug-likeness (QED) is 0.306. The molecule has 0 spiro atoms. The topological polar surface area (TPSA) is 48.9 Å². The Kier molecular flexibility index (Phi) is 8.70. The Morgan fingerprint density at radius 3 is 2.50 bits per heavy atom. The molecule has 4 rings (SSSR count). The molecular weight excluding hydrogens is 511 g/mol. The normalized spacial score (nSPS) is 22.9. The molecule has 168 valence electrons. The molecule has 2 heterocycles. The molecule has 30 heavy (non-hydrogen) atoms. The molecule has 0 unspecified atom stereocenters. The minimum absolute atomic E-state index is 0. The van der Waals surface area contributed by atoms with Gasteiger partial charge in [0.15, 0.2) is 5.96 Å². The molecule has 1 aromatic carbocycles. The predicted octanol–water partition coefficient (Wildman–Crippen LogP) is 4.19. The monoisotopic (exact) mass is 546 g/mol. The second kappa shape index (κ2) is 10.8. The minimum atomic E-state index is 0. The van der Waals surface area contributed by atoms with Crippen molar-refractivity contribution in [2.75, 3.05) is 45.9 Å². The average Bonchev–Trinajstić information content (AvgIpc) is 3.33. The van der Waals surface area contributed by atoms with Crippen LogP contribution in [0.3, 0.4) is 0 Å². The third kappa shape index (κ3) is 5.61. The van der Waals surface area contributed by atoms with E-state index >= 15 is 0 Å². The van der Waals surface area contributed by atoms with E-state index in [1.165, 1.54) is 44.3 Å². The summed E-state index contributed by atoms with van der Waals surface area (Å²) in [7, 11) is 0. The maximum Gasteiger partial charge on any atom is 0.191 e. The molecule has 5 nitrogen and oxygen atoms in total. The third-order valence-electron chi connectivity index (χ3n) is 6.96. The molecular formula is C23H36ClIN4O. The molecule has 2 saturated heterocycles. The molecule has 3 aliphatic rings. The summed E-state index contributed by atoms with van der Waals surface area (Å²) in [5.74, 6) is 0.936. The van der Waals surface area contributed by atoms with Gasteiger partial charge in [-0.2, -0.15) is 0 Å². The van der Waals surface area contributed by atoms with Gasteiger partial charge in [0.05, 0.1) is 6.54 Å². The van der Waals surface area contributed by atoms with Gasteiger partial charge in [-0.15, -0.1) is 24.0 Å². The van der Waals surface area contributed by atoms with E-state index in [1.54, 1.807) is 0 Å². The Balaban J connectivity index is 0.00000256. The lowest BCUT2D eigenvalue weighted by Crippen LogP contribution is -2.54. The Morgan fingerprint density at radius 2 is 1.87 bits per heavy atom. The average molecular weight is 547 g/mol. The lowest BCUT2D eigenvalue weighted by Gasteiger charge is -2.43. The molecule has 0 atom stereocenters. The molecule has 0 radical (unpaired) electrons. The van der Waals surface area contributed by atoms with E-state index < -0.39 is 0 Å². The number of benzene rings is 1. The molecule has 3 fully saturated rings. The number of likely N-dealkylation sites (tertiary alicyclic amines) is 1. The number of hydrogen-bond donors (Lipinski definition) is 2. The van der Waals surface area contributed by atoms with Crippen LogP contribution in [0.15, 0.2) is 29.3 Å². The Labute approximate surface area is 203 Å². The fourth-order valence-corrected chi connectivity index (χ4v) is 5.07. The fraction of sp³-hybridized carbons (Fsp3) is 0.696. The first-order valence-electron chi connectivity index (χ1n) is 11.3. The van der Waals surface area contributed by atoms with Crippen molar-refractivity contribution in [3.63, 3.8) is 0 Å². The van der Waals surface area contributed by atoms with Gasteiger partial charge in [-0.1, -0.05) is 23.7 Å². The van der Waals surface area contributed by atoms with E-state index in [2.05, 4.69) is 40.7 Å².